The molecule has 3 aromatic heterocycles. The predicted octanol–water partition coefficient (Wildman–Crippen LogP) is 5.19. The summed E-state index contributed by atoms with van der Waals surface area (Å²) in [5.41, 5.74) is 15.0. The van der Waals surface area contributed by atoms with Crippen LogP contribution in [0.4, 0.5) is 5.82 Å². The molecule has 0 aliphatic rings. The molecule has 0 spiro atoms. The lowest BCUT2D eigenvalue weighted by atomic mass is 9.92. The van der Waals surface area contributed by atoms with E-state index in [2.05, 4.69) is 62.4 Å². The summed E-state index contributed by atoms with van der Waals surface area (Å²) in [4.78, 5) is 29.0. The molecule has 2 aromatic carbocycles. The molecule has 39 heavy (non-hydrogen) atoms. The standard InChI is InChI=1S/C30H29N7O2/c1-6-23(38)33-15-20-13-17(2)24(18(3)14-20)27-25(26-28(31)34-16-35-29(26)37(27)5)21-7-9-22(10-8-21)39-30-32-12-11-19(4)36-30/h6-14,16H,1,15H2,2-5H3,(H,33,38)(H2,31,34,35). The quantitative estimate of drug-likeness (QED) is 0.284. The van der Waals surface area contributed by atoms with E-state index in [1.165, 1.54) is 12.4 Å². The van der Waals surface area contributed by atoms with Gasteiger partial charge in [-0.3, -0.25) is 4.79 Å². The number of nitrogens with one attached hydrogen (secondary N) is 1. The van der Waals surface area contributed by atoms with Crippen LogP contribution in [-0.2, 0) is 18.4 Å². The van der Waals surface area contributed by atoms with Crippen LogP contribution in [0.5, 0.6) is 11.8 Å². The van der Waals surface area contributed by atoms with E-state index in [-0.39, 0.29) is 5.91 Å². The third kappa shape index (κ3) is 4.94. The molecule has 9 heteroatoms. The lowest BCUT2D eigenvalue weighted by Crippen LogP contribution is -2.20. The average molecular weight is 520 g/mol. The minimum atomic E-state index is -0.208. The Balaban J connectivity index is 1.63. The van der Waals surface area contributed by atoms with Crippen molar-refractivity contribution in [3.05, 3.63) is 90.0 Å². The zero-order valence-corrected chi connectivity index (χ0v) is 22.3. The third-order valence-electron chi connectivity index (χ3n) is 6.60. The lowest BCUT2D eigenvalue weighted by Gasteiger charge is -2.16. The molecule has 1 amide bonds. The number of amides is 1. The van der Waals surface area contributed by atoms with E-state index >= 15 is 0 Å². The molecule has 5 aromatic rings. The minimum Gasteiger partial charge on any atom is -0.424 e. The van der Waals surface area contributed by atoms with Crippen LogP contribution in [0.3, 0.4) is 0 Å². The Bertz CT molecular complexity index is 1700. The molecule has 0 radical (unpaired) electrons. The van der Waals surface area contributed by atoms with Crippen LogP contribution in [0.15, 0.2) is 67.6 Å². The molecule has 0 atom stereocenters. The largest absolute Gasteiger partial charge is 0.424 e. The first-order valence-corrected chi connectivity index (χ1v) is 12.4. The highest BCUT2D eigenvalue weighted by molar-refractivity contribution is 6.08. The maximum Gasteiger partial charge on any atom is 0.322 e. The molecule has 3 N–H and O–H groups in total. The minimum absolute atomic E-state index is 0.208. The second-order valence-corrected chi connectivity index (χ2v) is 9.37. The SMILES string of the molecule is C=CC(=O)NCc1cc(C)c(-c2c(-c3ccc(Oc4nccc(C)n4)cc3)c3c(N)ncnc3n2C)c(C)c1. The van der Waals surface area contributed by atoms with Crippen LogP contribution >= 0.6 is 0 Å². The first kappa shape index (κ1) is 25.6. The zero-order chi connectivity index (χ0) is 27.7. The van der Waals surface area contributed by atoms with E-state index in [9.17, 15) is 4.79 Å². The third-order valence-corrected chi connectivity index (χ3v) is 6.60. The van der Waals surface area contributed by atoms with Gasteiger partial charge < -0.3 is 20.4 Å². The fourth-order valence-corrected chi connectivity index (χ4v) is 4.91. The van der Waals surface area contributed by atoms with Crippen molar-refractivity contribution in [1.82, 2.24) is 29.8 Å². The molecular weight excluding hydrogens is 490 g/mol. The molecule has 0 saturated heterocycles. The van der Waals surface area contributed by atoms with E-state index < -0.39 is 0 Å². The van der Waals surface area contributed by atoms with E-state index in [0.717, 1.165) is 55.8 Å². The van der Waals surface area contributed by atoms with Crippen LogP contribution < -0.4 is 15.8 Å². The first-order chi connectivity index (χ1) is 18.8. The summed E-state index contributed by atoms with van der Waals surface area (Å²) in [7, 11) is 1.98. The van der Waals surface area contributed by atoms with Gasteiger partial charge in [0, 0.05) is 36.6 Å². The van der Waals surface area contributed by atoms with Crippen molar-refractivity contribution < 1.29 is 9.53 Å². The molecule has 0 fully saturated rings. The van der Waals surface area contributed by atoms with Gasteiger partial charge in [0.25, 0.3) is 0 Å². The number of hydrogen-bond donors (Lipinski definition) is 2. The number of carbonyl (C=O) groups is 1. The molecule has 9 nitrogen and oxygen atoms in total. The van der Waals surface area contributed by atoms with Gasteiger partial charge in [-0.25, -0.2) is 19.9 Å². The number of aryl methyl sites for hydroxylation is 4. The Hall–Kier alpha value is -5.05. The van der Waals surface area contributed by atoms with Crippen molar-refractivity contribution in [2.45, 2.75) is 27.3 Å². The monoisotopic (exact) mass is 519 g/mol. The number of benzene rings is 2. The fourth-order valence-electron chi connectivity index (χ4n) is 4.91. The van der Waals surface area contributed by atoms with Crippen molar-refractivity contribution >= 4 is 22.8 Å². The maximum atomic E-state index is 11.7. The van der Waals surface area contributed by atoms with Crippen molar-refractivity contribution in [2.24, 2.45) is 7.05 Å². The topological polar surface area (TPSA) is 121 Å². The van der Waals surface area contributed by atoms with Crippen LogP contribution in [0.25, 0.3) is 33.4 Å². The molecule has 196 valence electrons. The molecular formula is C30H29N7O2. The summed E-state index contributed by atoms with van der Waals surface area (Å²) in [6.45, 7) is 9.95. The summed E-state index contributed by atoms with van der Waals surface area (Å²) < 4.78 is 7.93. The summed E-state index contributed by atoms with van der Waals surface area (Å²) in [5, 5.41) is 3.63. The van der Waals surface area contributed by atoms with Crippen LogP contribution in [0.1, 0.15) is 22.4 Å². The molecule has 0 unspecified atom stereocenters. The van der Waals surface area contributed by atoms with Gasteiger partial charge in [0.2, 0.25) is 5.91 Å². The van der Waals surface area contributed by atoms with Crippen molar-refractivity contribution in [3.63, 3.8) is 0 Å². The van der Waals surface area contributed by atoms with Crippen LogP contribution in [-0.4, -0.2) is 30.4 Å². The number of aromatic nitrogens is 5. The number of fused-ring (bicyclic) bond motifs is 1. The highest BCUT2D eigenvalue weighted by atomic mass is 16.5. The van der Waals surface area contributed by atoms with E-state index in [1.807, 2.05) is 44.3 Å². The van der Waals surface area contributed by atoms with Gasteiger partial charge in [-0.1, -0.05) is 30.8 Å². The number of carbonyl (C=O) groups excluding carboxylic acids is 1. The number of ether oxygens (including phenoxy) is 1. The van der Waals surface area contributed by atoms with Gasteiger partial charge in [0.05, 0.1) is 11.1 Å². The highest BCUT2D eigenvalue weighted by Crippen LogP contribution is 2.44. The second-order valence-electron chi connectivity index (χ2n) is 9.37. The Morgan fingerprint density at radius 3 is 2.44 bits per heavy atom. The fraction of sp³-hybridized carbons (Fsp3) is 0.167. The van der Waals surface area contributed by atoms with Gasteiger partial charge in [-0.2, -0.15) is 0 Å². The number of nitrogen functional groups attached to an aromatic ring is 1. The normalized spacial score (nSPS) is 11.0. The van der Waals surface area contributed by atoms with Gasteiger partial charge in [-0.05, 0) is 67.3 Å². The van der Waals surface area contributed by atoms with Crippen LogP contribution in [0, 0.1) is 20.8 Å². The summed E-state index contributed by atoms with van der Waals surface area (Å²) in [5.74, 6) is 0.818. The molecule has 0 aliphatic heterocycles. The van der Waals surface area contributed by atoms with Gasteiger partial charge in [0.1, 0.15) is 23.5 Å². The Kier molecular flexibility index (Phi) is 6.81. The lowest BCUT2D eigenvalue weighted by molar-refractivity contribution is -0.116. The summed E-state index contributed by atoms with van der Waals surface area (Å²) in [6, 6.07) is 14.0. The number of nitrogens with zero attached hydrogens (tertiary/aromatic N) is 5. The van der Waals surface area contributed by atoms with Gasteiger partial charge in [0.15, 0.2) is 0 Å². The van der Waals surface area contributed by atoms with E-state index in [4.69, 9.17) is 10.5 Å². The van der Waals surface area contributed by atoms with Crippen LogP contribution in [0.2, 0.25) is 0 Å². The number of rotatable bonds is 7. The summed E-state index contributed by atoms with van der Waals surface area (Å²) in [6.07, 6.45) is 4.42. The van der Waals surface area contributed by atoms with Crippen molar-refractivity contribution in [2.75, 3.05) is 5.73 Å². The number of hydrogen-bond acceptors (Lipinski definition) is 7. The molecule has 0 bridgehead atoms. The van der Waals surface area contributed by atoms with Gasteiger partial charge >= 0.3 is 6.01 Å². The Morgan fingerprint density at radius 1 is 1.05 bits per heavy atom. The number of anilines is 1. The molecule has 0 saturated carbocycles. The highest BCUT2D eigenvalue weighted by Gasteiger charge is 2.24. The Labute approximate surface area is 226 Å². The molecule has 5 rings (SSSR count). The smallest absolute Gasteiger partial charge is 0.322 e. The first-order valence-electron chi connectivity index (χ1n) is 12.4. The van der Waals surface area contributed by atoms with Crippen molar-refractivity contribution in [3.8, 4) is 34.1 Å². The molecule has 3 heterocycles. The second kappa shape index (κ2) is 10.4. The zero-order valence-electron chi connectivity index (χ0n) is 22.3. The van der Waals surface area contributed by atoms with E-state index in [0.29, 0.717) is 24.1 Å². The van der Waals surface area contributed by atoms with Crippen molar-refractivity contribution in [1.29, 1.82) is 0 Å². The molecule has 0 aliphatic carbocycles. The Morgan fingerprint density at radius 2 is 1.77 bits per heavy atom. The van der Waals surface area contributed by atoms with E-state index in [1.54, 1.807) is 6.20 Å². The summed E-state index contributed by atoms with van der Waals surface area (Å²) >= 11 is 0. The average Bonchev–Trinajstić information content (AvgIpc) is 3.20. The number of nitrogens with two attached hydrogens (primary N) is 1. The maximum absolute atomic E-state index is 11.7. The predicted molar refractivity (Wildman–Crippen MR) is 152 cm³/mol. The van der Waals surface area contributed by atoms with Gasteiger partial charge in [-0.15, -0.1) is 0 Å².